The Kier molecular flexibility index (Phi) is 9.42. The summed E-state index contributed by atoms with van der Waals surface area (Å²) in [5.41, 5.74) is 1.23. The molecule has 4 rings (SSSR count). The van der Waals surface area contributed by atoms with E-state index in [0.717, 1.165) is 24.1 Å². The largest absolute Gasteiger partial charge is 0.475 e. The standard InChI is InChI=1S/C27H38BN5O6/c1-18(2)13-24(28(36)37)30-26(35)27(15-20-7-5-4-6-8-20)16-21(32-39-27)17-29-25(34)23-14-19(3)31-33(23)22-9-11-38-12-10-22/h4-8,14,18,22,24,36-37H,9-13,15-17H2,1-3H3,(H,29,34)(H,30,35)/t24-,27?/m0/s1. The maximum Gasteiger partial charge on any atom is 0.475 e. The van der Waals surface area contributed by atoms with E-state index in [2.05, 4.69) is 20.9 Å². The minimum atomic E-state index is -1.71. The summed E-state index contributed by atoms with van der Waals surface area (Å²) in [7, 11) is -1.71. The fraction of sp³-hybridized carbons (Fsp3) is 0.556. The average Bonchev–Trinajstić information content (AvgIpc) is 3.52. The first-order valence-electron chi connectivity index (χ1n) is 13.5. The first-order chi connectivity index (χ1) is 18.7. The molecule has 2 aliphatic rings. The number of oxime groups is 1. The summed E-state index contributed by atoms with van der Waals surface area (Å²) in [6.45, 7) is 7.09. The van der Waals surface area contributed by atoms with E-state index in [1.165, 1.54) is 0 Å². The second-order valence-electron chi connectivity index (χ2n) is 10.8. The Balaban J connectivity index is 1.45. The predicted octanol–water partition coefficient (Wildman–Crippen LogP) is 1.57. The Hall–Kier alpha value is -3.22. The molecule has 0 aliphatic carbocycles. The van der Waals surface area contributed by atoms with Gasteiger partial charge in [0.25, 0.3) is 11.8 Å². The molecule has 2 aliphatic heterocycles. The number of ether oxygens (including phenoxy) is 1. The zero-order chi connectivity index (χ0) is 28.0. The summed E-state index contributed by atoms with van der Waals surface area (Å²) in [5.74, 6) is -1.49. The monoisotopic (exact) mass is 539 g/mol. The smallest absolute Gasteiger partial charge is 0.426 e. The molecule has 1 saturated heterocycles. The lowest BCUT2D eigenvalue weighted by molar-refractivity contribution is -0.144. The van der Waals surface area contributed by atoms with Crippen LogP contribution < -0.4 is 10.6 Å². The van der Waals surface area contributed by atoms with Gasteiger partial charge >= 0.3 is 7.12 Å². The van der Waals surface area contributed by atoms with Crippen LogP contribution in [0, 0.1) is 12.8 Å². The minimum Gasteiger partial charge on any atom is -0.426 e. The summed E-state index contributed by atoms with van der Waals surface area (Å²) in [6.07, 6.45) is 2.34. The van der Waals surface area contributed by atoms with Crippen molar-refractivity contribution in [2.45, 2.75) is 70.5 Å². The first kappa shape index (κ1) is 28.8. The molecule has 1 aromatic heterocycles. The fourth-order valence-electron chi connectivity index (χ4n) is 5.09. The minimum absolute atomic E-state index is 0.0959. The Labute approximate surface area is 229 Å². The van der Waals surface area contributed by atoms with Crippen LogP contribution in [0.1, 0.15) is 67.3 Å². The van der Waals surface area contributed by atoms with Gasteiger partial charge in [0.1, 0.15) is 5.69 Å². The Morgan fingerprint density at radius 3 is 2.59 bits per heavy atom. The normalized spacial score (nSPS) is 20.3. The number of nitrogens with zero attached hydrogens (tertiary/aromatic N) is 3. The molecule has 0 spiro atoms. The van der Waals surface area contributed by atoms with Gasteiger partial charge in [-0.2, -0.15) is 5.10 Å². The highest BCUT2D eigenvalue weighted by Gasteiger charge is 2.48. The van der Waals surface area contributed by atoms with E-state index in [4.69, 9.17) is 9.57 Å². The third-order valence-corrected chi connectivity index (χ3v) is 7.07. The highest BCUT2D eigenvalue weighted by molar-refractivity contribution is 6.43. The summed E-state index contributed by atoms with van der Waals surface area (Å²) in [4.78, 5) is 32.5. The summed E-state index contributed by atoms with van der Waals surface area (Å²) in [6, 6.07) is 11.3. The van der Waals surface area contributed by atoms with Gasteiger partial charge in [0.05, 0.1) is 29.9 Å². The number of rotatable bonds is 11. The number of carbonyl (C=O) groups is 2. The van der Waals surface area contributed by atoms with E-state index in [1.807, 2.05) is 51.1 Å². The zero-order valence-corrected chi connectivity index (χ0v) is 22.8. The fourth-order valence-corrected chi connectivity index (χ4v) is 5.09. The van der Waals surface area contributed by atoms with Crippen molar-refractivity contribution < 1.29 is 29.2 Å². The van der Waals surface area contributed by atoms with Crippen LogP contribution in [-0.2, 0) is 20.8 Å². The van der Waals surface area contributed by atoms with Crippen molar-refractivity contribution in [3.05, 3.63) is 53.3 Å². The number of hydrogen-bond donors (Lipinski definition) is 4. The van der Waals surface area contributed by atoms with Gasteiger partial charge in [-0.25, -0.2) is 0 Å². The maximum atomic E-state index is 13.6. The number of benzene rings is 1. The van der Waals surface area contributed by atoms with Gasteiger partial charge in [0, 0.05) is 26.1 Å². The second-order valence-corrected chi connectivity index (χ2v) is 10.8. The molecule has 11 nitrogen and oxygen atoms in total. The lowest BCUT2D eigenvalue weighted by atomic mass is 9.74. The highest BCUT2D eigenvalue weighted by atomic mass is 16.7. The summed E-state index contributed by atoms with van der Waals surface area (Å²) >= 11 is 0. The SMILES string of the molecule is Cc1cc(C(=O)NCC2=NOC(Cc3ccccc3)(C(=O)N[C@@H](CC(C)C)B(O)O)C2)n(C2CCOCC2)n1. The summed E-state index contributed by atoms with van der Waals surface area (Å²) < 4.78 is 7.23. The van der Waals surface area contributed by atoms with Crippen LogP contribution in [0.4, 0.5) is 0 Å². The van der Waals surface area contributed by atoms with Gasteiger partial charge in [-0.15, -0.1) is 0 Å². The molecule has 4 N–H and O–H groups in total. The highest BCUT2D eigenvalue weighted by Crippen LogP contribution is 2.30. The number of aryl methyl sites for hydroxylation is 1. The summed E-state index contributed by atoms with van der Waals surface area (Å²) in [5, 5.41) is 34.1. The quantitative estimate of drug-likeness (QED) is 0.317. The number of carbonyl (C=O) groups excluding carboxylic acids is 2. The molecule has 39 heavy (non-hydrogen) atoms. The third kappa shape index (κ3) is 7.26. The van der Waals surface area contributed by atoms with Crippen molar-refractivity contribution in [3.8, 4) is 0 Å². The molecule has 0 saturated carbocycles. The second kappa shape index (κ2) is 12.8. The van der Waals surface area contributed by atoms with E-state index in [9.17, 15) is 19.6 Å². The van der Waals surface area contributed by atoms with Crippen LogP contribution in [0.15, 0.2) is 41.6 Å². The topological polar surface area (TPSA) is 147 Å². The molecule has 1 aromatic carbocycles. The van der Waals surface area contributed by atoms with E-state index >= 15 is 0 Å². The zero-order valence-electron chi connectivity index (χ0n) is 22.8. The lowest BCUT2D eigenvalue weighted by Gasteiger charge is -2.29. The molecule has 2 amide bonds. The molecular formula is C27H38BN5O6. The van der Waals surface area contributed by atoms with E-state index in [1.54, 1.807) is 10.7 Å². The molecule has 1 unspecified atom stereocenters. The van der Waals surface area contributed by atoms with Gasteiger partial charge < -0.3 is 30.3 Å². The maximum absolute atomic E-state index is 13.6. The third-order valence-electron chi connectivity index (χ3n) is 7.07. The molecule has 12 heteroatoms. The molecule has 1 fully saturated rings. The van der Waals surface area contributed by atoms with Gasteiger partial charge in [0.15, 0.2) is 0 Å². The average molecular weight is 539 g/mol. The predicted molar refractivity (Wildman–Crippen MR) is 146 cm³/mol. The molecule has 0 radical (unpaired) electrons. The molecule has 2 atom stereocenters. The van der Waals surface area contributed by atoms with Crippen LogP contribution in [-0.4, -0.2) is 75.8 Å². The van der Waals surface area contributed by atoms with Crippen LogP contribution in [0.5, 0.6) is 0 Å². The Morgan fingerprint density at radius 2 is 1.92 bits per heavy atom. The van der Waals surface area contributed by atoms with Crippen LogP contribution in [0.2, 0.25) is 0 Å². The molecule has 2 aromatic rings. The molecular weight excluding hydrogens is 501 g/mol. The number of hydrogen-bond acceptors (Lipinski definition) is 8. The van der Waals surface area contributed by atoms with Gasteiger partial charge in [0.2, 0.25) is 5.60 Å². The first-order valence-corrected chi connectivity index (χ1v) is 13.5. The van der Waals surface area contributed by atoms with Gasteiger partial charge in [-0.3, -0.25) is 14.3 Å². The lowest BCUT2D eigenvalue weighted by Crippen LogP contribution is -2.56. The van der Waals surface area contributed by atoms with Crippen molar-refractivity contribution in [1.82, 2.24) is 20.4 Å². The Bertz CT molecular complexity index is 1160. The van der Waals surface area contributed by atoms with Crippen LogP contribution >= 0.6 is 0 Å². The molecule has 210 valence electrons. The molecule has 0 bridgehead atoms. The van der Waals surface area contributed by atoms with Crippen molar-refractivity contribution >= 4 is 24.6 Å². The Morgan fingerprint density at radius 1 is 1.21 bits per heavy atom. The number of amides is 2. The van der Waals surface area contributed by atoms with Gasteiger partial charge in [-0.1, -0.05) is 49.3 Å². The van der Waals surface area contributed by atoms with E-state index in [-0.39, 0.29) is 37.3 Å². The van der Waals surface area contributed by atoms with E-state index < -0.39 is 24.6 Å². The van der Waals surface area contributed by atoms with Crippen molar-refractivity contribution in [2.75, 3.05) is 19.8 Å². The van der Waals surface area contributed by atoms with Crippen molar-refractivity contribution in [3.63, 3.8) is 0 Å². The van der Waals surface area contributed by atoms with Crippen molar-refractivity contribution in [2.24, 2.45) is 11.1 Å². The molecule has 3 heterocycles. The van der Waals surface area contributed by atoms with Crippen LogP contribution in [0.25, 0.3) is 0 Å². The van der Waals surface area contributed by atoms with Crippen LogP contribution in [0.3, 0.4) is 0 Å². The number of nitrogens with one attached hydrogen (secondary N) is 2. The van der Waals surface area contributed by atoms with Gasteiger partial charge in [-0.05, 0) is 43.7 Å². The number of aromatic nitrogens is 2. The van der Waals surface area contributed by atoms with Crippen molar-refractivity contribution in [1.29, 1.82) is 0 Å². The van der Waals surface area contributed by atoms with E-state index in [0.29, 0.717) is 31.0 Å².